The minimum atomic E-state index is -0.0411. The Hall–Kier alpha value is -2.06. The largest absolute Gasteiger partial charge is 0.378 e. The number of nitrogens with one attached hydrogen (secondary N) is 2. The van der Waals surface area contributed by atoms with E-state index in [-0.39, 0.29) is 11.9 Å². The molecule has 1 amide bonds. The molecular formula is C20H21ClN4O2S. The maximum absolute atomic E-state index is 12.5. The van der Waals surface area contributed by atoms with Gasteiger partial charge in [-0.15, -0.1) is 0 Å². The highest BCUT2D eigenvalue weighted by atomic mass is 35.5. The molecule has 0 aliphatic carbocycles. The standard InChI is InChI=1S/C20H21ClN4O2S/c21-16-3-1-15(2-4-16)19-18(14-5-7-22-8-6-14)20(24-23-19)28-13-17(26)25-9-11-27-12-10-25/h1-8,19,23-24H,9-13H2. The molecule has 1 saturated heterocycles. The number of aromatic nitrogens is 1. The van der Waals surface area contributed by atoms with Gasteiger partial charge in [0, 0.05) is 36.1 Å². The third-order valence-electron chi connectivity index (χ3n) is 4.76. The van der Waals surface area contributed by atoms with E-state index < -0.39 is 0 Å². The Morgan fingerprint density at radius 3 is 2.61 bits per heavy atom. The molecule has 0 saturated carbocycles. The van der Waals surface area contributed by atoms with Crippen LogP contribution in [-0.4, -0.2) is 47.8 Å². The molecule has 0 bridgehead atoms. The van der Waals surface area contributed by atoms with E-state index in [1.165, 1.54) is 11.8 Å². The lowest BCUT2D eigenvalue weighted by molar-refractivity contribution is -0.132. The molecule has 2 aliphatic heterocycles. The van der Waals surface area contributed by atoms with Crippen molar-refractivity contribution in [2.45, 2.75) is 6.04 Å². The highest BCUT2D eigenvalue weighted by molar-refractivity contribution is 8.03. The summed E-state index contributed by atoms with van der Waals surface area (Å²) in [5.41, 5.74) is 9.87. The Bertz CT molecular complexity index is 854. The van der Waals surface area contributed by atoms with Crippen LogP contribution in [0.4, 0.5) is 0 Å². The molecule has 2 aromatic rings. The highest BCUT2D eigenvalue weighted by Crippen LogP contribution is 2.39. The lowest BCUT2D eigenvalue weighted by Crippen LogP contribution is -2.41. The number of thioether (sulfide) groups is 1. The van der Waals surface area contributed by atoms with Gasteiger partial charge in [0.25, 0.3) is 0 Å². The van der Waals surface area contributed by atoms with Crippen LogP contribution in [0.1, 0.15) is 17.2 Å². The second-order valence-electron chi connectivity index (χ2n) is 6.51. The van der Waals surface area contributed by atoms with Crippen LogP contribution in [0, 0.1) is 0 Å². The molecule has 1 aromatic carbocycles. The maximum atomic E-state index is 12.5. The molecule has 1 unspecified atom stereocenters. The normalized spacial score (nSPS) is 19.6. The van der Waals surface area contributed by atoms with Gasteiger partial charge in [-0.1, -0.05) is 35.5 Å². The van der Waals surface area contributed by atoms with Crippen molar-refractivity contribution in [3.8, 4) is 0 Å². The summed E-state index contributed by atoms with van der Waals surface area (Å²) in [7, 11) is 0. The first-order valence-corrected chi connectivity index (χ1v) is 10.5. The van der Waals surface area contributed by atoms with Crippen LogP contribution in [0.15, 0.2) is 53.8 Å². The lowest BCUT2D eigenvalue weighted by Gasteiger charge is -2.26. The third-order valence-corrected chi connectivity index (χ3v) is 6.02. The molecule has 2 aliphatic rings. The minimum Gasteiger partial charge on any atom is -0.378 e. The number of amides is 1. The highest BCUT2D eigenvalue weighted by Gasteiger charge is 2.29. The number of nitrogens with zero attached hydrogens (tertiary/aromatic N) is 2. The molecule has 2 N–H and O–H groups in total. The number of rotatable bonds is 5. The van der Waals surface area contributed by atoms with Gasteiger partial charge in [0.05, 0.1) is 30.0 Å². The van der Waals surface area contributed by atoms with Crippen molar-refractivity contribution in [3.05, 3.63) is 70.0 Å². The van der Waals surface area contributed by atoms with Crippen LogP contribution in [-0.2, 0) is 9.53 Å². The van der Waals surface area contributed by atoms with Crippen LogP contribution in [0.2, 0.25) is 5.02 Å². The molecule has 0 spiro atoms. The average Bonchev–Trinajstić information content (AvgIpc) is 3.17. The second kappa shape index (κ2) is 8.96. The molecule has 6 nitrogen and oxygen atoms in total. The van der Waals surface area contributed by atoms with E-state index in [4.69, 9.17) is 16.3 Å². The van der Waals surface area contributed by atoms with E-state index >= 15 is 0 Å². The van der Waals surface area contributed by atoms with Crippen molar-refractivity contribution in [2.75, 3.05) is 32.1 Å². The van der Waals surface area contributed by atoms with Gasteiger partial charge in [-0.25, -0.2) is 5.43 Å². The molecule has 1 aromatic heterocycles. The molecule has 146 valence electrons. The van der Waals surface area contributed by atoms with Crippen LogP contribution < -0.4 is 10.9 Å². The number of carbonyl (C=O) groups excluding carboxylic acids is 1. The summed E-state index contributed by atoms with van der Waals surface area (Å²) in [6.45, 7) is 2.54. The average molecular weight is 417 g/mol. The van der Waals surface area contributed by atoms with E-state index in [1.807, 2.05) is 41.3 Å². The summed E-state index contributed by atoms with van der Waals surface area (Å²) in [5.74, 6) is 0.512. The maximum Gasteiger partial charge on any atom is 0.233 e. The van der Waals surface area contributed by atoms with E-state index in [2.05, 4.69) is 15.8 Å². The summed E-state index contributed by atoms with van der Waals surface area (Å²) in [4.78, 5) is 18.5. The number of morpholine rings is 1. The Labute approximate surface area is 173 Å². The zero-order valence-corrected chi connectivity index (χ0v) is 16.8. The van der Waals surface area contributed by atoms with Crippen molar-refractivity contribution >= 4 is 34.8 Å². The fraction of sp³-hybridized carbons (Fsp3) is 0.300. The topological polar surface area (TPSA) is 66.5 Å². The molecule has 1 fully saturated rings. The van der Waals surface area contributed by atoms with Gasteiger partial charge in [0.1, 0.15) is 0 Å². The van der Waals surface area contributed by atoms with Gasteiger partial charge in [0.15, 0.2) is 0 Å². The van der Waals surface area contributed by atoms with Gasteiger partial charge in [-0.3, -0.25) is 9.78 Å². The number of hydrogen-bond donors (Lipinski definition) is 2. The number of hydrazine groups is 1. The van der Waals surface area contributed by atoms with Crippen molar-refractivity contribution in [2.24, 2.45) is 0 Å². The molecule has 0 radical (unpaired) electrons. The molecule has 1 atom stereocenters. The van der Waals surface area contributed by atoms with E-state index in [0.717, 1.165) is 21.7 Å². The quantitative estimate of drug-likeness (QED) is 0.781. The van der Waals surface area contributed by atoms with Gasteiger partial charge >= 0.3 is 0 Å². The second-order valence-corrected chi connectivity index (χ2v) is 7.94. The molecule has 8 heteroatoms. The molecule has 4 rings (SSSR count). The van der Waals surface area contributed by atoms with Crippen molar-refractivity contribution in [1.29, 1.82) is 0 Å². The zero-order chi connectivity index (χ0) is 19.3. The van der Waals surface area contributed by atoms with Crippen LogP contribution in [0.25, 0.3) is 5.57 Å². The number of halogens is 1. The number of ether oxygens (including phenoxy) is 1. The van der Waals surface area contributed by atoms with Crippen molar-refractivity contribution in [3.63, 3.8) is 0 Å². The monoisotopic (exact) mass is 416 g/mol. The van der Waals surface area contributed by atoms with Gasteiger partial charge in [-0.2, -0.15) is 0 Å². The van der Waals surface area contributed by atoms with Gasteiger partial charge in [0.2, 0.25) is 5.91 Å². The first kappa shape index (κ1) is 19.3. The van der Waals surface area contributed by atoms with Crippen LogP contribution >= 0.6 is 23.4 Å². The predicted octanol–water partition coefficient (Wildman–Crippen LogP) is 2.84. The van der Waals surface area contributed by atoms with E-state index in [9.17, 15) is 4.79 Å². The SMILES string of the molecule is O=C(CSC1=C(c2ccncc2)C(c2ccc(Cl)cc2)NN1)N1CCOCC1. The minimum absolute atomic E-state index is 0.0411. The number of carbonyl (C=O) groups is 1. The van der Waals surface area contributed by atoms with Gasteiger partial charge < -0.3 is 15.1 Å². The number of pyridine rings is 1. The first-order chi connectivity index (χ1) is 13.7. The summed E-state index contributed by atoms with van der Waals surface area (Å²) in [5, 5.41) is 1.66. The Balaban J connectivity index is 1.57. The lowest BCUT2D eigenvalue weighted by atomic mass is 9.95. The zero-order valence-electron chi connectivity index (χ0n) is 15.2. The van der Waals surface area contributed by atoms with Crippen molar-refractivity contribution in [1.82, 2.24) is 20.7 Å². The number of hydrogen-bond acceptors (Lipinski definition) is 6. The van der Waals surface area contributed by atoms with E-state index in [1.54, 1.807) is 12.4 Å². The predicted molar refractivity (Wildman–Crippen MR) is 111 cm³/mol. The van der Waals surface area contributed by atoms with Gasteiger partial charge in [-0.05, 0) is 35.4 Å². The molecule has 3 heterocycles. The summed E-state index contributed by atoms with van der Waals surface area (Å²) < 4.78 is 5.33. The van der Waals surface area contributed by atoms with E-state index in [0.29, 0.717) is 37.1 Å². The fourth-order valence-corrected chi connectivity index (χ4v) is 4.39. The molecule has 28 heavy (non-hydrogen) atoms. The van der Waals surface area contributed by atoms with Crippen LogP contribution in [0.5, 0.6) is 0 Å². The van der Waals surface area contributed by atoms with Crippen LogP contribution in [0.3, 0.4) is 0 Å². The summed E-state index contributed by atoms with van der Waals surface area (Å²) in [6, 6.07) is 11.7. The Kier molecular flexibility index (Phi) is 6.17. The summed E-state index contributed by atoms with van der Waals surface area (Å²) >= 11 is 7.57. The van der Waals surface area contributed by atoms with Crippen molar-refractivity contribution < 1.29 is 9.53 Å². The Morgan fingerprint density at radius 2 is 1.89 bits per heavy atom. The Morgan fingerprint density at radius 1 is 1.18 bits per heavy atom. The summed E-state index contributed by atoms with van der Waals surface area (Å²) in [6.07, 6.45) is 3.56. The smallest absolute Gasteiger partial charge is 0.233 e. The fourth-order valence-electron chi connectivity index (χ4n) is 3.29. The number of benzene rings is 1. The third kappa shape index (κ3) is 4.33. The molecular weight excluding hydrogens is 396 g/mol. The first-order valence-electron chi connectivity index (χ1n) is 9.12.